The predicted octanol–water partition coefficient (Wildman–Crippen LogP) is 0.405. The molecule has 6 saturated heterocycles. The molecule has 7 unspecified atom stereocenters. The van der Waals surface area contributed by atoms with Crippen LogP contribution in [-0.4, -0.2) is 334 Å². The molecular weight excluding hydrogens is 1570 g/mol. The molecule has 0 aromatic heterocycles. The maximum absolute atomic E-state index is 14.1. The van der Waals surface area contributed by atoms with Gasteiger partial charge in [-0.3, -0.25) is 52.8 Å². The van der Waals surface area contributed by atoms with Crippen molar-refractivity contribution < 1.29 is 139 Å². The van der Waals surface area contributed by atoms with E-state index in [-0.39, 0.29) is 238 Å². The summed E-state index contributed by atoms with van der Waals surface area (Å²) in [6, 6.07) is 0. The van der Waals surface area contributed by atoms with E-state index in [2.05, 4.69) is 42.5 Å². The number of ether oxygens (including phenoxy) is 15. The van der Waals surface area contributed by atoms with Crippen molar-refractivity contribution in [2.45, 2.75) is 281 Å². The zero-order valence-electron chi connectivity index (χ0n) is 71.6. The van der Waals surface area contributed by atoms with Crippen LogP contribution < -0.4 is 42.5 Å². The average molecular weight is 1720 g/mol. The van der Waals surface area contributed by atoms with Crippen LogP contribution in [0.4, 0.5) is 0 Å². The molecule has 0 bridgehead atoms. The van der Waals surface area contributed by atoms with Crippen LogP contribution in [0.3, 0.4) is 0 Å². The highest BCUT2D eigenvalue weighted by molar-refractivity contribution is 5.88. The number of amides is 9. The number of aliphatic hydroxyl groups excluding tert-OH is 4. The molecule has 12 N–H and O–H groups in total. The largest absolute Gasteiger partial charge is 0.394 e. The van der Waals surface area contributed by atoms with Gasteiger partial charge in [0.15, 0.2) is 30.9 Å². The molecule has 6 fully saturated rings. The van der Waals surface area contributed by atoms with Crippen molar-refractivity contribution in [1.29, 1.82) is 0 Å². The lowest BCUT2D eigenvalue weighted by molar-refractivity contribution is -0.337. The molecule has 0 saturated carbocycles. The Balaban J connectivity index is 0.959. The van der Waals surface area contributed by atoms with E-state index >= 15 is 0 Å². The van der Waals surface area contributed by atoms with E-state index in [1.165, 1.54) is 38.1 Å². The van der Waals surface area contributed by atoms with Gasteiger partial charge in [-0.2, -0.15) is 0 Å². The van der Waals surface area contributed by atoms with Gasteiger partial charge in [-0.25, -0.2) is 0 Å². The fraction of sp³-hybridized carbons (Fsp3) is 0.854. The number of methoxy groups -OCH3 is 1. The Morgan fingerprint density at radius 2 is 0.883 bits per heavy atom. The quantitative estimate of drug-likeness (QED) is 0.0223. The zero-order chi connectivity index (χ0) is 87.0. The molecule has 6 aliphatic heterocycles. The van der Waals surface area contributed by atoms with Gasteiger partial charge in [0.1, 0.15) is 60.5 Å². The molecule has 0 aromatic rings. The summed E-state index contributed by atoms with van der Waals surface area (Å²) in [6.45, 7) is 13.7. The van der Waals surface area contributed by atoms with Crippen LogP contribution in [0, 0.1) is 17.8 Å². The molecule has 38 heteroatoms. The SMILES string of the molecule is COC[C@H]1OC(N(/C=C\C(C)=O)C(C)=O)[C@H](OCCCCCCNC(=O)CCCC(=O)NC(COCCC(=O)NCCCNC(=O)CCCCO[C@H](OC2CO[C@@H]2CO)C(C)C)(COCCC(=O)NCCCNC(=O)CCCCO[C@@H]2OC3CO[C@@H]3[C@H](O)C2C)COCCC(=O)NCCCNC(=O)CCCCO[C@@H]2OC3CO[C@@H]3C(O)[C@@H]2C)[C@@H]1O. The first-order valence-corrected chi connectivity index (χ1v) is 43.3. The smallest absolute Gasteiger partial charge is 0.225 e. The number of hydrogen-bond acceptors (Lipinski definition) is 29. The Morgan fingerprint density at radius 1 is 0.467 bits per heavy atom. The van der Waals surface area contributed by atoms with Crippen molar-refractivity contribution in [2.24, 2.45) is 17.8 Å². The summed E-state index contributed by atoms with van der Waals surface area (Å²) in [6.07, 6.45) is 2.38. The predicted molar refractivity (Wildman–Crippen MR) is 430 cm³/mol. The Labute approximate surface area is 705 Å². The van der Waals surface area contributed by atoms with Gasteiger partial charge in [0, 0.05) is 162 Å². The summed E-state index contributed by atoms with van der Waals surface area (Å²) >= 11 is 0. The van der Waals surface area contributed by atoms with Crippen molar-refractivity contribution in [3.05, 3.63) is 12.3 Å². The summed E-state index contributed by atoms with van der Waals surface area (Å²) in [7, 11) is 1.46. The van der Waals surface area contributed by atoms with Crippen LogP contribution in [0.25, 0.3) is 0 Å². The molecule has 6 aliphatic rings. The first kappa shape index (κ1) is 103. The lowest BCUT2D eigenvalue weighted by Crippen LogP contribution is -2.63. The molecule has 38 nitrogen and oxygen atoms in total. The van der Waals surface area contributed by atoms with Gasteiger partial charge >= 0.3 is 0 Å². The van der Waals surface area contributed by atoms with Crippen LogP contribution in [0.5, 0.6) is 0 Å². The highest BCUT2D eigenvalue weighted by Gasteiger charge is 2.52. The number of carbonyl (C=O) groups is 10. The summed E-state index contributed by atoms with van der Waals surface area (Å²) in [5.41, 5.74) is -1.47. The Kier molecular flexibility index (Phi) is 49.8. The minimum absolute atomic E-state index is 0.00427. The van der Waals surface area contributed by atoms with Gasteiger partial charge in [0.2, 0.25) is 53.2 Å². The Bertz CT molecular complexity index is 2960. The first-order valence-electron chi connectivity index (χ1n) is 43.3. The lowest BCUT2D eigenvalue weighted by Gasteiger charge is -2.48. The minimum Gasteiger partial charge on any atom is -0.394 e. The highest BCUT2D eigenvalue weighted by atomic mass is 16.7. The lowest BCUT2D eigenvalue weighted by atomic mass is 9.90. The molecule has 6 heterocycles. The Hall–Kier alpha value is -6.12. The zero-order valence-corrected chi connectivity index (χ0v) is 71.6. The van der Waals surface area contributed by atoms with E-state index in [1.807, 2.05) is 27.7 Å². The van der Waals surface area contributed by atoms with Crippen molar-refractivity contribution in [3.8, 4) is 0 Å². The number of carbonyl (C=O) groups excluding carboxylic acids is 10. The summed E-state index contributed by atoms with van der Waals surface area (Å²) in [5, 5.41) is 64.4. The average Bonchev–Trinajstić information content (AvgIpc) is 1.04. The van der Waals surface area contributed by atoms with Crippen molar-refractivity contribution >= 4 is 58.9 Å². The van der Waals surface area contributed by atoms with Crippen LogP contribution in [-0.2, 0) is 119 Å². The van der Waals surface area contributed by atoms with Gasteiger partial charge in [-0.1, -0.05) is 40.5 Å². The molecule has 0 spiro atoms. The number of hydrogen-bond donors (Lipinski definition) is 12. The number of allylic oxidation sites excluding steroid dienone is 1. The molecule has 120 heavy (non-hydrogen) atoms. The van der Waals surface area contributed by atoms with Gasteiger partial charge in [-0.15, -0.1) is 0 Å². The number of rotatable bonds is 67. The van der Waals surface area contributed by atoms with E-state index in [0.717, 1.165) is 6.42 Å². The van der Waals surface area contributed by atoms with Crippen molar-refractivity contribution in [2.75, 3.05) is 152 Å². The van der Waals surface area contributed by atoms with E-state index < -0.39 is 73.0 Å². The summed E-state index contributed by atoms with van der Waals surface area (Å²) < 4.78 is 87.2. The molecule has 18 atom stereocenters. The van der Waals surface area contributed by atoms with Crippen LogP contribution in [0.1, 0.15) is 183 Å². The Morgan fingerprint density at radius 3 is 1.29 bits per heavy atom. The van der Waals surface area contributed by atoms with E-state index in [4.69, 9.17) is 71.1 Å². The van der Waals surface area contributed by atoms with Gasteiger partial charge in [0.05, 0.1) is 84.9 Å². The van der Waals surface area contributed by atoms with Crippen molar-refractivity contribution in [3.63, 3.8) is 0 Å². The fourth-order valence-electron chi connectivity index (χ4n) is 13.8. The molecule has 0 radical (unpaired) electrons. The molecule has 6 rings (SSSR count). The molecule has 9 amide bonds. The maximum atomic E-state index is 14.1. The summed E-state index contributed by atoms with van der Waals surface area (Å²) in [5.74, 6) is -3.38. The number of nitrogens with zero attached hydrogens (tertiary/aromatic N) is 1. The third kappa shape index (κ3) is 38.6. The molecule has 0 aliphatic carbocycles. The topological polar surface area (TPSA) is 490 Å². The highest BCUT2D eigenvalue weighted by Crippen LogP contribution is 2.36. The number of aliphatic hydroxyl groups is 4. The first-order chi connectivity index (χ1) is 57.8. The third-order valence-electron chi connectivity index (χ3n) is 21.2. The van der Waals surface area contributed by atoms with Gasteiger partial charge < -0.3 is 134 Å². The second-order valence-electron chi connectivity index (χ2n) is 31.9. The third-order valence-corrected chi connectivity index (χ3v) is 21.2. The fourth-order valence-corrected chi connectivity index (χ4v) is 13.8. The van der Waals surface area contributed by atoms with Gasteiger partial charge in [0.25, 0.3) is 0 Å². The second kappa shape index (κ2) is 58.1. The molecular formula is C82H141N9O29. The van der Waals surface area contributed by atoms with Crippen LogP contribution >= 0.6 is 0 Å². The monoisotopic (exact) mass is 1720 g/mol. The van der Waals surface area contributed by atoms with E-state index in [1.54, 1.807) is 0 Å². The van der Waals surface area contributed by atoms with Crippen LogP contribution in [0.2, 0.25) is 0 Å². The summed E-state index contributed by atoms with van der Waals surface area (Å²) in [4.78, 5) is 130. The molecule has 688 valence electrons. The standard InChI is InChI=1S/C82H141N9O29/c1-54(2)79(118-60-48-114-59(60)46-92)111-40-15-10-22-64(95)84-32-19-35-87-68(99)28-43-107-51-82(52-108-44-29-69(100)88-36-20-33-85-65(96)23-11-16-41-112-80-56(4)72(103)75-62(119-80)49-115-75,53-109-45-30-70(101)89-37-21-34-86-66(97)24-12-17-42-113-81-57(5)73(104)76-63(120-81)50-116-76)90-71(102)26-18-25-67(98)83-31-13-8-9-14-39-110-77-74(105)61(47-106-7)117-78(77)91(58(6)94)38-27-55(3)93/h27,38,54,56-57,59-63,72-81,92,103-105H,8-26,28-37,39-53H2,1-7H3,(H,83,98)(H,84,95)(H,85,96)(H,86,97)(H,87,99)(H,88,100)(H,89,101)(H,90,102)/b38-27-/t56-,57?,59+,60?,61+,62?,63?,72?,73+,74+,75-,76-,77+,78?,79+,80+,81+,82?/m0/s1. The number of fused-ring (bicyclic) bond motifs is 2. The maximum Gasteiger partial charge on any atom is 0.225 e. The van der Waals surface area contributed by atoms with E-state index in [0.29, 0.717) is 143 Å². The van der Waals surface area contributed by atoms with Crippen LogP contribution in [0.15, 0.2) is 12.3 Å². The number of nitrogens with one attached hydrogen (secondary N) is 8. The minimum atomic E-state index is -1.47. The number of unbranched alkanes of at least 4 members (excludes halogenated alkanes) is 6. The molecule has 0 aromatic carbocycles. The van der Waals surface area contributed by atoms with Gasteiger partial charge in [-0.05, 0) is 90.0 Å². The normalized spacial score (nSPS) is 25.6. The number of ketones is 1. The second-order valence-corrected chi connectivity index (χ2v) is 31.9. The van der Waals surface area contributed by atoms with E-state index in [9.17, 15) is 68.4 Å². The van der Waals surface area contributed by atoms with Crippen molar-refractivity contribution in [1.82, 2.24) is 47.4 Å².